The highest BCUT2D eigenvalue weighted by Crippen LogP contribution is 2.48. The van der Waals surface area contributed by atoms with E-state index in [0.29, 0.717) is 0 Å². The molecule has 11 aromatic carbocycles. The van der Waals surface area contributed by atoms with Gasteiger partial charge < -0.3 is 0 Å². The van der Waals surface area contributed by atoms with Crippen LogP contribution in [0, 0.1) is 0 Å². The summed E-state index contributed by atoms with van der Waals surface area (Å²) < 4.78 is 2.74. The van der Waals surface area contributed by atoms with Crippen molar-refractivity contribution in [2.45, 2.75) is 0 Å². The zero-order chi connectivity index (χ0) is 36.0. The molecule has 0 N–H and O–H groups in total. The first kappa shape index (κ1) is 30.6. The highest BCUT2D eigenvalue weighted by molar-refractivity contribution is 7.27. The van der Waals surface area contributed by atoms with Crippen LogP contribution in [0.2, 0.25) is 0 Å². The van der Waals surface area contributed by atoms with E-state index in [1.165, 1.54) is 118 Å². The molecule has 0 bridgehead atoms. The third-order valence-corrected chi connectivity index (χ3v) is 13.1. The lowest BCUT2D eigenvalue weighted by Crippen LogP contribution is -1.91. The van der Waals surface area contributed by atoms with Crippen LogP contribution in [0.1, 0.15) is 0 Å². The molecule has 12 aromatic rings. The van der Waals surface area contributed by atoms with E-state index in [-0.39, 0.29) is 0 Å². The van der Waals surface area contributed by atoms with Crippen molar-refractivity contribution in [2.75, 3.05) is 0 Å². The molecule has 1 aromatic heterocycles. The number of hydrogen-bond acceptors (Lipinski definition) is 1. The Morgan fingerprint density at radius 1 is 0.255 bits per heavy atom. The maximum absolute atomic E-state index is 2.42. The summed E-state index contributed by atoms with van der Waals surface area (Å²) in [6.07, 6.45) is 0. The summed E-state index contributed by atoms with van der Waals surface area (Å²) >= 11 is 1.94. The van der Waals surface area contributed by atoms with Crippen molar-refractivity contribution in [1.29, 1.82) is 0 Å². The average molecular weight is 713 g/mol. The van der Waals surface area contributed by atoms with Crippen molar-refractivity contribution in [3.8, 4) is 33.4 Å². The topological polar surface area (TPSA) is 0 Å². The zero-order valence-electron chi connectivity index (χ0n) is 29.9. The predicted octanol–water partition coefficient (Wildman–Crippen LogP) is 16.0. The second kappa shape index (κ2) is 11.9. The Bertz CT molecular complexity index is 3470. The number of benzene rings is 11. The fourth-order valence-electron chi connectivity index (χ4n) is 9.37. The van der Waals surface area contributed by atoms with Gasteiger partial charge in [0, 0.05) is 25.6 Å². The standard InChI is InChI=1S/C54H32S/c1-3-15-38-34(12-1)14-11-23-41(38)51-45-21-9-7-19-43(45)50(44-20-8-10-22-46(44)51)36-26-24-33(25-27-36)37-29-30-47-49(32-37)40-17-5-6-18-42(40)52-48-31-28-35-13-2-4-16-39(35)53(48)55-54(47)52/h1-32H. The Morgan fingerprint density at radius 3 is 1.47 bits per heavy atom. The van der Waals surface area contributed by atoms with Gasteiger partial charge in [0.15, 0.2) is 0 Å². The minimum Gasteiger partial charge on any atom is -0.134 e. The summed E-state index contributed by atoms with van der Waals surface area (Å²) in [7, 11) is 0. The molecule has 0 nitrogen and oxygen atoms in total. The molecular formula is C54H32S. The molecular weight excluding hydrogens is 681 g/mol. The Labute approximate surface area is 322 Å². The normalized spacial score (nSPS) is 12.0. The van der Waals surface area contributed by atoms with E-state index in [0.717, 1.165) is 0 Å². The second-order valence-electron chi connectivity index (χ2n) is 14.7. The first-order valence-electron chi connectivity index (χ1n) is 19.0. The van der Waals surface area contributed by atoms with Gasteiger partial charge in [-0.25, -0.2) is 0 Å². The van der Waals surface area contributed by atoms with Crippen LogP contribution in [0.4, 0.5) is 0 Å². The van der Waals surface area contributed by atoms with Crippen molar-refractivity contribution < 1.29 is 0 Å². The molecule has 0 amide bonds. The molecule has 0 aliphatic rings. The maximum Gasteiger partial charge on any atom is 0.0440 e. The van der Waals surface area contributed by atoms with Crippen LogP contribution in [0.15, 0.2) is 194 Å². The van der Waals surface area contributed by atoms with Gasteiger partial charge >= 0.3 is 0 Å². The van der Waals surface area contributed by atoms with Crippen LogP contribution in [-0.2, 0) is 0 Å². The fraction of sp³-hybridized carbons (Fsp3) is 0. The van der Waals surface area contributed by atoms with E-state index in [1.807, 2.05) is 11.3 Å². The molecule has 1 heterocycles. The van der Waals surface area contributed by atoms with E-state index < -0.39 is 0 Å². The minimum atomic E-state index is 1.22. The lowest BCUT2D eigenvalue weighted by Gasteiger charge is -2.19. The first-order chi connectivity index (χ1) is 27.3. The van der Waals surface area contributed by atoms with Crippen molar-refractivity contribution in [2.24, 2.45) is 0 Å². The monoisotopic (exact) mass is 712 g/mol. The molecule has 0 saturated carbocycles. The number of fused-ring (bicyclic) bond motifs is 13. The summed E-state index contributed by atoms with van der Waals surface area (Å²) in [6.45, 7) is 0. The van der Waals surface area contributed by atoms with E-state index in [9.17, 15) is 0 Å². The Morgan fingerprint density at radius 2 is 0.764 bits per heavy atom. The van der Waals surface area contributed by atoms with Crippen molar-refractivity contribution in [3.05, 3.63) is 194 Å². The third-order valence-electron chi connectivity index (χ3n) is 11.8. The molecule has 0 unspecified atom stereocenters. The number of thiophene rings is 1. The molecule has 254 valence electrons. The van der Waals surface area contributed by atoms with Gasteiger partial charge in [-0.3, -0.25) is 0 Å². The van der Waals surface area contributed by atoms with Crippen molar-refractivity contribution in [1.82, 2.24) is 0 Å². The Kier molecular flexibility index (Phi) is 6.60. The van der Waals surface area contributed by atoms with Crippen LogP contribution < -0.4 is 0 Å². The van der Waals surface area contributed by atoms with Crippen LogP contribution in [-0.4, -0.2) is 0 Å². The van der Waals surface area contributed by atoms with Gasteiger partial charge in [0.2, 0.25) is 0 Å². The molecule has 0 spiro atoms. The third kappa shape index (κ3) is 4.51. The largest absolute Gasteiger partial charge is 0.134 e. The van der Waals surface area contributed by atoms with Gasteiger partial charge in [0.05, 0.1) is 0 Å². The van der Waals surface area contributed by atoms with E-state index in [2.05, 4.69) is 194 Å². The molecule has 0 aliphatic carbocycles. The molecule has 55 heavy (non-hydrogen) atoms. The van der Waals surface area contributed by atoms with E-state index >= 15 is 0 Å². The second-order valence-corrected chi connectivity index (χ2v) is 15.7. The molecule has 0 fully saturated rings. The summed E-state index contributed by atoms with van der Waals surface area (Å²) in [5.41, 5.74) is 7.54. The predicted molar refractivity (Wildman–Crippen MR) is 241 cm³/mol. The lowest BCUT2D eigenvalue weighted by atomic mass is 9.84. The fourth-order valence-corrected chi connectivity index (χ4v) is 10.8. The van der Waals surface area contributed by atoms with Crippen LogP contribution >= 0.6 is 11.3 Å². The lowest BCUT2D eigenvalue weighted by molar-refractivity contribution is 1.63. The quantitative estimate of drug-likeness (QED) is 0.126. The molecule has 0 saturated heterocycles. The Balaban J connectivity index is 1.04. The van der Waals surface area contributed by atoms with Crippen molar-refractivity contribution in [3.63, 3.8) is 0 Å². The number of rotatable bonds is 3. The van der Waals surface area contributed by atoms with E-state index in [4.69, 9.17) is 0 Å². The smallest absolute Gasteiger partial charge is 0.0440 e. The molecule has 0 aliphatic heterocycles. The van der Waals surface area contributed by atoms with E-state index in [1.54, 1.807) is 0 Å². The first-order valence-corrected chi connectivity index (χ1v) is 19.8. The van der Waals surface area contributed by atoms with Gasteiger partial charge in [0.25, 0.3) is 0 Å². The van der Waals surface area contributed by atoms with Gasteiger partial charge in [-0.05, 0) is 98.7 Å². The molecule has 0 atom stereocenters. The maximum atomic E-state index is 2.42. The van der Waals surface area contributed by atoms with Crippen LogP contribution in [0.5, 0.6) is 0 Å². The Hall–Kier alpha value is -6.80. The molecule has 1 heteroatoms. The summed E-state index contributed by atoms with van der Waals surface area (Å²) in [5.74, 6) is 0. The summed E-state index contributed by atoms with van der Waals surface area (Å²) in [6, 6.07) is 72.0. The van der Waals surface area contributed by atoms with Gasteiger partial charge in [0.1, 0.15) is 0 Å². The van der Waals surface area contributed by atoms with Gasteiger partial charge in [-0.2, -0.15) is 0 Å². The highest BCUT2D eigenvalue weighted by Gasteiger charge is 2.19. The van der Waals surface area contributed by atoms with Crippen LogP contribution in [0.3, 0.4) is 0 Å². The van der Waals surface area contributed by atoms with Crippen molar-refractivity contribution >= 4 is 96.1 Å². The SMILES string of the molecule is c1ccc2c(-c3c4ccccc4c(-c4ccc(-c5ccc6c(c5)c5ccccc5c5c7ccc8ccccc8c7sc65)cc4)c4ccccc34)cccc2c1. The van der Waals surface area contributed by atoms with Gasteiger partial charge in [-0.1, -0.05) is 188 Å². The van der Waals surface area contributed by atoms with Crippen LogP contribution in [0.25, 0.3) is 118 Å². The zero-order valence-corrected chi connectivity index (χ0v) is 30.7. The van der Waals surface area contributed by atoms with Gasteiger partial charge in [-0.15, -0.1) is 11.3 Å². The summed E-state index contributed by atoms with van der Waals surface area (Å²) in [5, 5.41) is 18.2. The molecule has 0 radical (unpaired) electrons. The number of hydrogen-bond donors (Lipinski definition) is 0. The molecule has 12 rings (SSSR count). The summed E-state index contributed by atoms with van der Waals surface area (Å²) in [4.78, 5) is 0. The highest BCUT2D eigenvalue weighted by atomic mass is 32.1. The average Bonchev–Trinajstić information content (AvgIpc) is 3.66. The minimum absolute atomic E-state index is 1.22.